The maximum absolute atomic E-state index is 5.24. The van der Waals surface area contributed by atoms with Gasteiger partial charge in [0.25, 0.3) is 0 Å². The molecule has 0 radical (unpaired) electrons. The summed E-state index contributed by atoms with van der Waals surface area (Å²) in [5.41, 5.74) is 0. The molecule has 0 bridgehead atoms. The fraction of sp³-hybridized carbons (Fsp3) is 1.00. The summed E-state index contributed by atoms with van der Waals surface area (Å²) in [6.07, 6.45) is 4.55. The van der Waals surface area contributed by atoms with Crippen LogP contribution in [-0.2, 0) is 18.9 Å². The maximum Gasteiger partial charge on any atom is 0.0830 e. The van der Waals surface area contributed by atoms with Gasteiger partial charge in [0.2, 0.25) is 0 Å². The van der Waals surface area contributed by atoms with Crippen molar-refractivity contribution in [1.82, 2.24) is 0 Å². The zero-order chi connectivity index (χ0) is 13.0. The Morgan fingerprint density at radius 3 is 0.941 bits per heavy atom. The molecule has 0 aromatic heterocycles. The number of hydrogen-bond donors (Lipinski definition) is 0. The van der Waals surface area contributed by atoms with E-state index in [-0.39, 0.29) is 0 Å². The lowest BCUT2D eigenvalue weighted by atomic mass is 10.8. The van der Waals surface area contributed by atoms with Crippen molar-refractivity contribution in [2.75, 3.05) is 79.5 Å². The van der Waals surface area contributed by atoms with Gasteiger partial charge in [-0.1, -0.05) is 0 Å². The van der Waals surface area contributed by atoms with Gasteiger partial charge in [-0.05, 0) is 0 Å². The molecule has 0 saturated heterocycles. The number of ether oxygens (including phenoxy) is 4. The van der Waals surface area contributed by atoms with Crippen molar-refractivity contribution in [2.24, 2.45) is 0 Å². The molecule has 0 atom stereocenters. The largest absolute Gasteiger partial charge is 0.381 e. The molecule has 5 heteroatoms. The van der Waals surface area contributed by atoms with E-state index in [0.29, 0.717) is 0 Å². The predicted octanol–water partition coefficient (Wildman–Crippen LogP) is 1.59. The lowest BCUT2D eigenvalue weighted by molar-refractivity contribution is 0.203. The second-order valence-corrected chi connectivity index (χ2v) is 8.68. The number of rotatable bonds is 12. The van der Waals surface area contributed by atoms with Crippen molar-refractivity contribution in [3.05, 3.63) is 0 Å². The molecule has 0 aliphatic carbocycles. The van der Waals surface area contributed by atoms with Crippen LogP contribution in [0.4, 0.5) is 0 Å². The van der Waals surface area contributed by atoms with Gasteiger partial charge in [0.15, 0.2) is 0 Å². The molecular weight excluding hydrogens is 239 g/mol. The van der Waals surface area contributed by atoms with Gasteiger partial charge in [-0.15, -0.1) is 0 Å². The van der Waals surface area contributed by atoms with Gasteiger partial charge >= 0.3 is 0 Å². The smallest absolute Gasteiger partial charge is 0.0830 e. The Kier molecular flexibility index (Phi) is 11.5. The zero-order valence-corrected chi connectivity index (χ0v) is 12.6. The molecule has 0 N–H and O–H groups in total. The minimum absolute atomic E-state index is 0.824. The molecule has 0 amide bonds. The van der Waals surface area contributed by atoms with Crippen LogP contribution in [0.25, 0.3) is 0 Å². The molecule has 0 unspecified atom stereocenters. The van der Waals surface area contributed by atoms with Crippen LogP contribution in [0.3, 0.4) is 0 Å². The Labute approximate surface area is 106 Å². The first-order valence-electron chi connectivity index (χ1n) is 6.05. The summed E-state index contributed by atoms with van der Waals surface area (Å²) in [7, 11) is 5.98. The highest BCUT2D eigenvalue weighted by molar-refractivity contribution is 7.76. The molecule has 0 aliphatic rings. The summed E-state index contributed by atoms with van der Waals surface area (Å²) >= 11 is 0. The molecule has 0 fully saturated rings. The van der Waals surface area contributed by atoms with Crippen LogP contribution >= 0.6 is 7.26 Å². The Balaban J connectivity index is 4.39. The minimum atomic E-state index is -1.06. The molecule has 0 spiro atoms. The van der Waals surface area contributed by atoms with E-state index in [1.54, 1.807) is 28.4 Å². The van der Waals surface area contributed by atoms with E-state index in [1.165, 1.54) is 0 Å². The van der Waals surface area contributed by atoms with Crippen LogP contribution in [-0.4, -0.2) is 79.5 Å². The molecule has 0 aromatic carbocycles. The van der Waals surface area contributed by atoms with Gasteiger partial charge in [-0.25, -0.2) is 0 Å². The van der Waals surface area contributed by atoms with Crippen LogP contribution in [0.1, 0.15) is 0 Å². The first kappa shape index (κ1) is 17.3. The molecule has 17 heavy (non-hydrogen) atoms. The first-order valence-corrected chi connectivity index (χ1v) is 8.58. The van der Waals surface area contributed by atoms with Crippen molar-refractivity contribution in [3.63, 3.8) is 0 Å². The quantitative estimate of drug-likeness (QED) is 0.503. The van der Waals surface area contributed by atoms with E-state index in [0.717, 1.165) is 51.1 Å². The van der Waals surface area contributed by atoms with E-state index in [2.05, 4.69) is 0 Å². The average molecular weight is 267 g/mol. The van der Waals surface area contributed by atoms with Crippen LogP contribution in [0.15, 0.2) is 0 Å². The van der Waals surface area contributed by atoms with E-state index in [1.807, 2.05) is 0 Å². The van der Waals surface area contributed by atoms with Gasteiger partial charge in [-0.2, -0.15) is 0 Å². The Morgan fingerprint density at radius 1 is 0.529 bits per heavy atom. The Hall–Kier alpha value is 0.270. The van der Waals surface area contributed by atoms with E-state index >= 15 is 0 Å². The standard InChI is InChI=1S/C12H28O4P/c1-13-5-9-17(10-6-14-2,11-7-15-3)12-8-16-4/h5-12H2,1-4H3/q+1. The van der Waals surface area contributed by atoms with E-state index in [4.69, 9.17) is 18.9 Å². The second-order valence-electron chi connectivity index (χ2n) is 4.21. The van der Waals surface area contributed by atoms with Gasteiger partial charge in [0.1, 0.15) is 0 Å². The highest BCUT2D eigenvalue weighted by Gasteiger charge is 2.36. The van der Waals surface area contributed by atoms with Crippen LogP contribution in [0.2, 0.25) is 0 Å². The lowest BCUT2D eigenvalue weighted by Crippen LogP contribution is -2.21. The topological polar surface area (TPSA) is 36.9 Å². The molecule has 0 aliphatic heterocycles. The Morgan fingerprint density at radius 2 is 0.765 bits per heavy atom. The fourth-order valence-electron chi connectivity index (χ4n) is 1.81. The summed E-state index contributed by atoms with van der Waals surface area (Å²) in [5.74, 6) is 0. The van der Waals surface area contributed by atoms with Gasteiger partial charge in [0.05, 0.1) is 51.1 Å². The predicted molar refractivity (Wildman–Crippen MR) is 73.9 cm³/mol. The number of hydrogen-bond acceptors (Lipinski definition) is 4. The van der Waals surface area contributed by atoms with Crippen molar-refractivity contribution in [2.45, 2.75) is 0 Å². The summed E-state index contributed by atoms with van der Waals surface area (Å²) in [6.45, 7) is 3.30. The van der Waals surface area contributed by atoms with Gasteiger partial charge < -0.3 is 18.9 Å². The normalized spacial score (nSPS) is 12.0. The first-order chi connectivity index (χ1) is 8.24. The van der Waals surface area contributed by atoms with Crippen molar-refractivity contribution >= 4 is 7.26 Å². The van der Waals surface area contributed by atoms with Crippen molar-refractivity contribution in [1.29, 1.82) is 0 Å². The third kappa shape index (κ3) is 8.06. The summed E-state index contributed by atoms with van der Waals surface area (Å²) in [6, 6.07) is 0. The average Bonchev–Trinajstić information content (AvgIpc) is 2.37. The molecule has 4 nitrogen and oxygen atoms in total. The Bertz CT molecular complexity index is 129. The monoisotopic (exact) mass is 267 g/mol. The van der Waals surface area contributed by atoms with Crippen LogP contribution in [0, 0.1) is 0 Å². The molecule has 0 heterocycles. The van der Waals surface area contributed by atoms with Crippen LogP contribution in [0.5, 0.6) is 0 Å². The van der Waals surface area contributed by atoms with Gasteiger partial charge in [-0.3, -0.25) is 0 Å². The van der Waals surface area contributed by atoms with Crippen molar-refractivity contribution in [3.8, 4) is 0 Å². The molecular formula is C12H28O4P+. The second kappa shape index (κ2) is 11.4. The minimum Gasteiger partial charge on any atom is -0.381 e. The summed E-state index contributed by atoms with van der Waals surface area (Å²) in [4.78, 5) is 0. The number of methoxy groups -OCH3 is 4. The lowest BCUT2D eigenvalue weighted by Gasteiger charge is -2.27. The summed E-state index contributed by atoms with van der Waals surface area (Å²) in [5, 5.41) is 0. The summed E-state index contributed by atoms with van der Waals surface area (Å²) < 4.78 is 21.0. The maximum atomic E-state index is 5.24. The van der Waals surface area contributed by atoms with Crippen LogP contribution < -0.4 is 0 Å². The fourth-order valence-corrected chi connectivity index (χ4v) is 5.43. The molecule has 0 aromatic rings. The van der Waals surface area contributed by atoms with Gasteiger partial charge in [0, 0.05) is 35.7 Å². The van der Waals surface area contributed by atoms with E-state index in [9.17, 15) is 0 Å². The molecule has 104 valence electrons. The third-order valence-electron chi connectivity index (χ3n) is 3.08. The zero-order valence-electron chi connectivity index (χ0n) is 11.7. The third-order valence-corrected chi connectivity index (χ3v) is 7.60. The van der Waals surface area contributed by atoms with E-state index < -0.39 is 7.26 Å². The highest BCUT2D eigenvalue weighted by Crippen LogP contribution is 2.57. The van der Waals surface area contributed by atoms with Crippen molar-refractivity contribution < 1.29 is 18.9 Å². The SMILES string of the molecule is COCC[P+](CCOC)(CCOC)CCOC. The molecule has 0 saturated carbocycles. The molecule has 0 rings (SSSR count). The highest BCUT2D eigenvalue weighted by atomic mass is 31.2.